The first-order valence-electron chi connectivity index (χ1n) is 6.77. The lowest BCUT2D eigenvalue weighted by molar-refractivity contribution is 0.0985. The minimum absolute atomic E-state index is 0.0691. The van der Waals surface area contributed by atoms with Gasteiger partial charge in [0.1, 0.15) is 0 Å². The molecule has 2 aromatic rings. The van der Waals surface area contributed by atoms with E-state index in [0.29, 0.717) is 11.3 Å². The van der Waals surface area contributed by atoms with Crippen molar-refractivity contribution in [1.29, 1.82) is 0 Å². The molecule has 1 aliphatic rings. The third-order valence-corrected chi connectivity index (χ3v) is 3.68. The summed E-state index contributed by atoms with van der Waals surface area (Å²) in [6, 6.07) is 7.87. The molecule has 1 aliphatic heterocycles. The molecule has 2 N–H and O–H groups in total. The molecule has 102 valence electrons. The van der Waals surface area contributed by atoms with Gasteiger partial charge in [-0.05, 0) is 37.5 Å². The van der Waals surface area contributed by atoms with E-state index in [-0.39, 0.29) is 5.91 Å². The van der Waals surface area contributed by atoms with Crippen molar-refractivity contribution in [2.24, 2.45) is 0 Å². The maximum atomic E-state index is 12.7. The highest BCUT2D eigenvalue weighted by atomic mass is 16.2. The maximum absolute atomic E-state index is 12.7. The molecule has 0 aliphatic carbocycles. The molecule has 1 aromatic heterocycles. The Morgan fingerprint density at radius 2 is 2.20 bits per heavy atom. The molecule has 0 atom stereocenters. The van der Waals surface area contributed by atoms with Crippen molar-refractivity contribution in [3.63, 3.8) is 0 Å². The maximum Gasteiger partial charge on any atom is 0.261 e. The first kappa shape index (κ1) is 12.7. The van der Waals surface area contributed by atoms with Gasteiger partial charge in [0.2, 0.25) is 0 Å². The number of nitrogens with two attached hydrogens (primary N) is 1. The Kier molecular flexibility index (Phi) is 3.14. The molecule has 3 rings (SSSR count). The van der Waals surface area contributed by atoms with Crippen LogP contribution < -0.4 is 10.6 Å². The summed E-state index contributed by atoms with van der Waals surface area (Å²) in [5, 5.41) is 0. The van der Waals surface area contributed by atoms with E-state index >= 15 is 0 Å². The van der Waals surface area contributed by atoms with E-state index in [1.165, 1.54) is 11.1 Å². The Labute approximate surface area is 118 Å². The smallest absolute Gasteiger partial charge is 0.261 e. The van der Waals surface area contributed by atoms with Crippen molar-refractivity contribution >= 4 is 17.3 Å². The fourth-order valence-electron chi connectivity index (χ4n) is 2.67. The lowest BCUT2D eigenvalue weighted by Gasteiger charge is -2.30. The lowest BCUT2D eigenvalue weighted by Crippen LogP contribution is -2.36. The number of hydrogen-bond donors (Lipinski definition) is 1. The number of aromatic nitrogens is 1. The molecule has 0 fully saturated rings. The molecule has 0 unspecified atom stereocenters. The second-order valence-corrected chi connectivity index (χ2v) is 5.16. The highest BCUT2D eigenvalue weighted by Gasteiger charge is 2.24. The molecule has 1 amide bonds. The molecule has 0 spiro atoms. The Morgan fingerprint density at radius 1 is 1.35 bits per heavy atom. The Hall–Kier alpha value is -2.36. The summed E-state index contributed by atoms with van der Waals surface area (Å²) in [7, 11) is 0. The molecule has 0 bridgehead atoms. The number of aryl methyl sites for hydroxylation is 2. The van der Waals surface area contributed by atoms with Crippen LogP contribution in [0.2, 0.25) is 0 Å². The number of carbonyl (C=O) groups is 1. The van der Waals surface area contributed by atoms with Gasteiger partial charge >= 0.3 is 0 Å². The number of rotatable bonds is 1. The van der Waals surface area contributed by atoms with Crippen molar-refractivity contribution in [2.75, 3.05) is 17.2 Å². The average molecular weight is 267 g/mol. The summed E-state index contributed by atoms with van der Waals surface area (Å²) >= 11 is 0. The Bertz CT molecular complexity index is 667. The second-order valence-electron chi connectivity index (χ2n) is 5.16. The molecule has 4 nitrogen and oxygen atoms in total. The molecule has 20 heavy (non-hydrogen) atoms. The van der Waals surface area contributed by atoms with E-state index in [1.54, 1.807) is 18.5 Å². The van der Waals surface area contributed by atoms with Crippen LogP contribution in [0.1, 0.15) is 27.9 Å². The van der Waals surface area contributed by atoms with E-state index < -0.39 is 0 Å². The summed E-state index contributed by atoms with van der Waals surface area (Å²) in [4.78, 5) is 18.5. The second kappa shape index (κ2) is 4.96. The Balaban J connectivity index is 2.01. The number of amides is 1. The number of benzene rings is 1. The zero-order chi connectivity index (χ0) is 14.1. The third kappa shape index (κ3) is 2.13. The van der Waals surface area contributed by atoms with Gasteiger partial charge in [0.15, 0.2) is 0 Å². The summed E-state index contributed by atoms with van der Waals surface area (Å²) in [5.74, 6) is -0.0691. The summed E-state index contributed by atoms with van der Waals surface area (Å²) in [6.07, 6.45) is 5.13. The normalized spacial score (nSPS) is 13.9. The number of nitrogen functional groups attached to an aromatic ring is 1. The topological polar surface area (TPSA) is 59.2 Å². The predicted octanol–water partition coefficient (Wildman–Crippen LogP) is 2.57. The van der Waals surface area contributed by atoms with Crippen molar-refractivity contribution in [3.8, 4) is 0 Å². The summed E-state index contributed by atoms with van der Waals surface area (Å²) in [6.45, 7) is 2.80. The summed E-state index contributed by atoms with van der Waals surface area (Å²) < 4.78 is 0. The third-order valence-electron chi connectivity index (χ3n) is 3.68. The largest absolute Gasteiger partial charge is 0.398 e. The van der Waals surface area contributed by atoms with Gasteiger partial charge in [-0.3, -0.25) is 9.78 Å². The van der Waals surface area contributed by atoms with Crippen LogP contribution in [0.5, 0.6) is 0 Å². The zero-order valence-electron chi connectivity index (χ0n) is 11.5. The molecular weight excluding hydrogens is 250 g/mol. The van der Waals surface area contributed by atoms with Crippen LogP contribution in [-0.4, -0.2) is 17.4 Å². The van der Waals surface area contributed by atoms with Crippen LogP contribution in [0.25, 0.3) is 0 Å². The van der Waals surface area contributed by atoms with E-state index in [1.807, 2.05) is 17.0 Å². The van der Waals surface area contributed by atoms with Gasteiger partial charge in [-0.1, -0.05) is 17.7 Å². The van der Waals surface area contributed by atoms with Crippen LogP contribution in [0, 0.1) is 6.92 Å². The fraction of sp³-hybridized carbons (Fsp3) is 0.250. The monoisotopic (exact) mass is 267 g/mol. The van der Waals surface area contributed by atoms with E-state index in [2.05, 4.69) is 18.0 Å². The standard InChI is InChI=1S/C16H17N3O/c1-11-4-5-15-12(9-11)3-2-8-19(15)16(20)13-10-18-7-6-14(13)17/h4-7,9-10H,2-3,8H2,1H3,(H2,17,18). The van der Waals surface area contributed by atoms with Gasteiger partial charge in [-0.2, -0.15) is 0 Å². The zero-order valence-corrected chi connectivity index (χ0v) is 11.5. The number of pyridine rings is 1. The first-order chi connectivity index (χ1) is 9.66. The van der Waals surface area contributed by atoms with Crippen molar-refractivity contribution in [3.05, 3.63) is 53.3 Å². The molecule has 2 heterocycles. The van der Waals surface area contributed by atoms with Crippen LogP contribution in [0.15, 0.2) is 36.7 Å². The number of carbonyl (C=O) groups excluding carboxylic acids is 1. The van der Waals surface area contributed by atoms with Crippen molar-refractivity contribution in [1.82, 2.24) is 4.98 Å². The highest BCUT2D eigenvalue weighted by Crippen LogP contribution is 2.29. The van der Waals surface area contributed by atoms with Crippen LogP contribution in [0.4, 0.5) is 11.4 Å². The van der Waals surface area contributed by atoms with Gasteiger partial charge in [-0.25, -0.2) is 0 Å². The van der Waals surface area contributed by atoms with Crippen LogP contribution >= 0.6 is 0 Å². The Morgan fingerprint density at radius 3 is 3.00 bits per heavy atom. The van der Waals surface area contributed by atoms with E-state index in [4.69, 9.17) is 5.73 Å². The predicted molar refractivity (Wildman–Crippen MR) is 79.8 cm³/mol. The van der Waals surface area contributed by atoms with Crippen LogP contribution in [-0.2, 0) is 6.42 Å². The van der Waals surface area contributed by atoms with Gasteiger partial charge in [0.25, 0.3) is 5.91 Å². The lowest BCUT2D eigenvalue weighted by atomic mass is 9.99. The summed E-state index contributed by atoms with van der Waals surface area (Å²) in [5.41, 5.74) is 10.3. The molecule has 0 saturated heterocycles. The molecule has 0 saturated carbocycles. The van der Waals surface area contributed by atoms with E-state index in [0.717, 1.165) is 25.1 Å². The van der Waals surface area contributed by atoms with Crippen molar-refractivity contribution < 1.29 is 4.79 Å². The SMILES string of the molecule is Cc1ccc2c(c1)CCCN2C(=O)c1cnccc1N. The average Bonchev–Trinajstić information content (AvgIpc) is 2.46. The molecule has 1 aromatic carbocycles. The highest BCUT2D eigenvalue weighted by molar-refractivity contribution is 6.09. The molecular formula is C16H17N3O. The van der Waals surface area contributed by atoms with Gasteiger partial charge in [-0.15, -0.1) is 0 Å². The minimum Gasteiger partial charge on any atom is -0.398 e. The number of fused-ring (bicyclic) bond motifs is 1. The first-order valence-corrected chi connectivity index (χ1v) is 6.77. The molecule has 0 radical (unpaired) electrons. The minimum atomic E-state index is -0.0691. The quantitative estimate of drug-likeness (QED) is 0.863. The number of nitrogens with zero attached hydrogens (tertiary/aromatic N) is 2. The molecule has 4 heteroatoms. The fourth-order valence-corrected chi connectivity index (χ4v) is 2.67. The number of hydrogen-bond acceptors (Lipinski definition) is 3. The van der Waals surface area contributed by atoms with Crippen LogP contribution in [0.3, 0.4) is 0 Å². The van der Waals surface area contributed by atoms with Crippen molar-refractivity contribution in [2.45, 2.75) is 19.8 Å². The van der Waals surface area contributed by atoms with E-state index in [9.17, 15) is 4.79 Å². The van der Waals surface area contributed by atoms with Gasteiger partial charge in [0, 0.05) is 30.3 Å². The van der Waals surface area contributed by atoms with Gasteiger partial charge < -0.3 is 10.6 Å². The van der Waals surface area contributed by atoms with Gasteiger partial charge in [0.05, 0.1) is 5.56 Å². The number of anilines is 2.